The van der Waals surface area contributed by atoms with Crippen molar-refractivity contribution in [2.24, 2.45) is 5.73 Å². The summed E-state index contributed by atoms with van der Waals surface area (Å²) < 4.78 is 26.8. The molecule has 1 aromatic carbocycles. The number of hydrogen-bond donors (Lipinski definition) is 2. The molecular formula is C12H18F2N2. The largest absolute Gasteiger partial charge is 0.330 e. The molecule has 1 rings (SSSR count). The quantitative estimate of drug-likeness (QED) is 0.733. The molecule has 0 saturated heterocycles. The van der Waals surface area contributed by atoms with Crippen molar-refractivity contribution in [2.45, 2.75) is 25.8 Å². The van der Waals surface area contributed by atoms with Crippen LogP contribution in [-0.2, 0) is 0 Å². The van der Waals surface area contributed by atoms with Crippen LogP contribution in [0.1, 0.15) is 31.4 Å². The Morgan fingerprint density at radius 3 is 2.44 bits per heavy atom. The minimum atomic E-state index is -0.501. The molecule has 0 aromatic heterocycles. The molecule has 1 atom stereocenters. The molecule has 0 heterocycles. The van der Waals surface area contributed by atoms with Gasteiger partial charge >= 0.3 is 0 Å². The number of rotatable bonds is 6. The smallest absolute Gasteiger partial charge is 0.130 e. The topological polar surface area (TPSA) is 38.0 Å². The molecule has 0 radical (unpaired) electrons. The van der Waals surface area contributed by atoms with Gasteiger partial charge in [-0.05, 0) is 45.0 Å². The van der Waals surface area contributed by atoms with E-state index in [4.69, 9.17) is 5.73 Å². The maximum absolute atomic E-state index is 13.4. The molecule has 0 fully saturated rings. The predicted octanol–water partition coefficient (Wildman–Crippen LogP) is 2.35. The van der Waals surface area contributed by atoms with Crippen molar-refractivity contribution in [1.82, 2.24) is 5.32 Å². The van der Waals surface area contributed by atoms with Crippen molar-refractivity contribution < 1.29 is 8.78 Å². The van der Waals surface area contributed by atoms with Gasteiger partial charge < -0.3 is 11.1 Å². The summed E-state index contributed by atoms with van der Waals surface area (Å²) in [5.41, 5.74) is 5.46. The van der Waals surface area contributed by atoms with Gasteiger partial charge in [0.25, 0.3) is 0 Å². The Morgan fingerprint density at radius 2 is 1.88 bits per heavy atom. The van der Waals surface area contributed by atoms with Gasteiger partial charge in [0.1, 0.15) is 11.6 Å². The van der Waals surface area contributed by atoms with Crippen molar-refractivity contribution >= 4 is 0 Å². The van der Waals surface area contributed by atoms with E-state index in [2.05, 4.69) is 5.32 Å². The second-order valence-corrected chi connectivity index (χ2v) is 3.81. The number of nitrogens with one attached hydrogen (secondary N) is 1. The fraction of sp³-hybridized carbons (Fsp3) is 0.500. The van der Waals surface area contributed by atoms with Crippen LogP contribution in [0.25, 0.3) is 0 Å². The van der Waals surface area contributed by atoms with Gasteiger partial charge in [0, 0.05) is 11.6 Å². The van der Waals surface area contributed by atoms with Crippen molar-refractivity contribution in [1.29, 1.82) is 0 Å². The fourth-order valence-electron chi connectivity index (χ4n) is 1.61. The van der Waals surface area contributed by atoms with E-state index in [9.17, 15) is 8.78 Å². The predicted molar refractivity (Wildman–Crippen MR) is 61.1 cm³/mol. The van der Waals surface area contributed by atoms with Crippen LogP contribution < -0.4 is 11.1 Å². The lowest BCUT2D eigenvalue weighted by Gasteiger charge is -2.15. The van der Waals surface area contributed by atoms with Crippen LogP contribution in [0.2, 0.25) is 0 Å². The van der Waals surface area contributed by atoms with E-state index in [1.807, 2.05) is 0 Å². The van der Waals surface area contributed by atoms with Gasteiger partial charge in [-0.15, -0.1) is 0 Å². The van der Waals surface area contributed by atoms with E-state index in [0.29, 0.717) is 13.1 Å². The third kappa shape index (κ3) is 3.54. The Balaban J connectivity index is 2.55. The summed E-state index contributed by atoms with van der Waals surface area (Å²) in [5, 5.41) is 3.08. The summed E-state index contributed by atoms with van der Waals surface area (Å²) in [7, 11) is 0. The zero-order chi connectivity index (χ0) is 12.0. The molecular weight excluding hydrogens is 210 g/mol. The van der Waals surface area contributed by atoms with E-state index in [1.54, 1.807) is 6.92 Å². The fourth-order valence-corrected chi connectivity index (χ4v) is 1.61. The standard InChI is InChI=1S/C12H18F2N2/c1-9(16-8-3-2-7-15)12-10(13)5-4-6-11(12)14/h4-6,9,16H,2-3,7-8,15H2,1H3. The molecule has 1 unspecified atom stereocenters. The summed E-state index contributed by atoms with van der Waals surface area (Å²) in [5.74, 6) is -1.00. The van der Waals surface area contributed by atoms with Crippen LogP contribution in [0.4, 0.5) is 8.78 Å². The maximum atomic E-state index is 13.4. The van der Waals surface area contributed by atoms with E-state index in [1.165, 1.54) is 18.2 Å². The minimum absolute atomic E-state index is 0.107. The number of hydrogen-bond acceptors (Lipinski definition) is 2. The van der Waals surface area contributed by atoms with Gasteiger partial charge in [0.2, 0.25) is 0 Å². The van der Waals surface area contributed by atoms with Crippen LogP contribution in [-0.4, -0.2) is 13.1 Å². The second-order valence-electron chi connectivity index (χ2n) is 3.81. The molecule has 0 saturated carbocycles. The molecule has 0 spiro atoms. The summed E-state index contributed by atoms with van der Waals surface area (Å²) in [4.78, 5) is 0. The first-order chi connectivity index (χ1) is 7.66. The Morgan fingerprint density at radius 1 is 1.25 bits per heavy atom. The van der Waals surface area contributed by atoms with Crippen LogP contribution in [0.3, 0.4) is 0 Å². The van der Waals surface area contributed by atoms with E-state index >= 15 is 0 Å². The van der Waals surface area contributed by atoms with Crippen LogP contribution in [0.5, 0.6) is 0 Å². The summed E-state index contributed by atoms with van der Waals surface area (Å²) >= 11 is 0. The zero-order valence-electron chi connectivity index (χ0n) is 9.47. The van der Waals surface area contributed by atoms with E-state index in [-0.39, 0.29) is 11.6 Å². The van der Waals surface area contributed by atoms with Crippen molar-refractivity contribution in [3.63, 3.8) is 0 Å². The first-order valence-electron chi connectivity index (χ1n) is 5.54. The number of nitrogens with two attached hydrogens (primary N) is 1. The van der Waals surface area contributed by atoms with Gasteiger partial charge in [0.15, 0.2) is 0 Å². The molecule has 2 nitrogen and oxygen atoms in total. The molecule has 16 heavy (non-hydrogen) atoms. The molecule has 4 heteroatoms. The summed E-state index contributed by atoms with van der Waals surface area (Å²) in [6.45, 7) is 3.11. The zero-order valence-corrected chi connectivity index (χ0v) is 9.47. The molecule has 90 valence electrons. The third-order valence-electron chi connectivity index (χ3n) is 2.51. The first kappa shape index (κ1) is 13.1. The molecule has 0 aliphatic rings. The molecule has 0 amide bonds. The Bertz CT molecular complexity index is 309. The maximum Gasteiger partial charge on any atom is 0.130 e. The number of benzene rings is 1. The highest BCUT2D eigenvalue weighted by molar-refractivity contribution is 5.22. The van der Waals surface area contributed by atoms with Crippen LogP contribution in [0.15, 0.2) is 18.2 Å². The molecule has 1 aromatic rings. The highest BCUT2D eigenvalue weighted by Crippen LogP contribution is 2.19. The van der Waals surface area contributed by atoms with Gasteiger partial charge in [-0.25, -0.2) is 8.78 Å². The summed E-state index contributed by atoms with van der Waals surface area (Å²) in [6.07, 6.45) is 1.83. The first-order valence-corrected chi connectivity index (χ1v) is 5.54. The SMILES string of the molecule is CC(NCCCCN)c1c(F)cccc1F. The van der Waals surface area contributed by atoms with Gasteiger partial charge in [-0.3, -0.25) is 0 Å². The lowest BCUT2D eigenvalue weighted by molar-refractivity contribution is 0.481. The monoisotopic (exact) mass is 228 g/mol. The van der Waals surface area contributed by atoms with E-state index < -0.39 is 11.6 Å². The van der Waals surface area contributed by atoms with Gasteiger partial charge in [-0.2, -0.15) is 0 Å². The minimum Gasteiger partial charge on any atom is -0.330 e. The average Bonchev–Trinajstić information content (AvgIpc) is 2.24. The van der Waals surface area contributed by atoms with Gasteiger partial charge in [-0.1, -0.05) is 6.07 Å². The van der Waals surface area contributed by atoms with Crippen molar-refractivity contribution in [2.75, 3.05) is 13.1 Å². The Hall–Kier alpha value is -1.00. The molecule has 0 aliphatic heterocycles. The number of halogens is 2. The average molecular weight is 228 g/mol. The lowest BCUT2D eigenvalue weighted by Crippen LogP contribution is -2.22. The molecule has 0 aliphatic carbocycles. The highest BCUT2D eigenvalue weighted by Gasteiger charge is 2.14. The Labute approximate surface area is 94.8 Å². The molecule has 0 bridgehead atoms. The number of unbranched alkanes of at least 4 members (excludes halogenated alkanes) is 1. The highest BCUT2D eigenvalue weighted by atomic mass is 19.1. The van der Waals surface area contributed by atoms with Crippen LogP contribution in [0, 0.1) is 11.6 Å². The van der Waals surface area contributed by atoms with Crippen molar-refractivity contribution in [3.05, 3.63) is 35.4 Å². The second kappa shape index (κ2) is 6.55. The Kier molecular flexibility index (Phi) is 5.35. The van der Waals surface area contributed by atoms with Crippen LogP contribution >= 0.6 is 0 Å². The summed E-state index contributed by atoms with van der Waals surface area (Å²) in [6, 6.07) is 3.60. The third-order valence-corrected chi connectivity index (χ3v) is 2.51. The normalized spacial score (nSPS) is 12.8. The van der Waals surface area contributed by atoms with E-state index in [0.717, 1.165) is 12.8 Å². The van der Waals surface area contributed by atoms with Gasteiger partial charge in [0.05, 0.1) is 0 Å². The lowest BCUT2D eigenvalue weighted by atomic mass is 10.1. The van der Waals surface area contributed by atoms with Crippen molar-refractivity contribution in [3.8, 4) is 0 Å². The molecule has 3 N–H and O–H groups in total.